The number of hydrogen-bond donors (Lipinski definition) is 1. The Balaban J connectivity index is 1.79. The molecule has 2 heterocycles. The molecule has 2 rings (SSSR count). The summed E-state index contributed by atoms with van der Waals surface area (Å²) in [5.41, 5.74) is 0. The average Bonchev–Trinajstić information content (AvgIpc) is 2.94. The highest BCUT2D eigenvalue weighted by atomic mass is 15.4. The molecule has 0 atom stereocenters. The first-order valence-corrected chi connectivity index (χ1v) is 6.10. The van der Waals surface area contributed by atoms with Gasteiger partial charge in [0.15, 0.2) is 0 Å². The van der Waals surface area contributed by atoms with Gasteiger partial charge in [-0.2, -0.15) is 5.10 Å². The van der Waals surface area contributed by atoms with Crippen LogP contribution in [0.2, 0.25) is 0 Å². The van der Waals surface area contributed by atoms with Crippen molar-refractivity contribution in [2.45, 2.75) is 32.9 Å². The fraction of sp³-hybridized carbons (Fsp3) is 0.636. The normalized spacial score (nSPS) is 11.3. The van der Waals surface area contributed by atoms with Crippen molar-refractivity contribution in [2.24, 2.45) is 7.05 Å². The lowest BCUT2D eigenvalue weighted by molar-refractivity contribution is 0.489. The maximum Gasteiger partial charge on any atom is 0.141 e. The molecule has 0 fully saturated rings. The predicted octanol–water partition coefficient (Wildman–Crippen LogP) is 0.320. The fourth-order valence-corrected chi connectivity index (χ4v) is 1.77. The lowest BCUT2D eigenvalue weighted by atomic mass is 10.3. The number of hydrogen-bond acceptors (Lipinski definition) is 5. The molecule has 1 N–H and O–H groups in total. The van der Waals surface area contributed by atoms with Gasteiger partial charge in [-0.3, -0.25) is 0 Å². The van der Waals surface area contributed by atoms with Gasteiger partial charge in [-0.15, -0.1) is 10.2 Å². The molecule has 0 radical (unpaired) electrons. The Kier molecular flexibility index (Phi) is 4.03. The van der Waals surface area contributed by atoms with Crippen LogP contribution < -0.4 is 5.32 Å². The van der Waals surface area contributed by atoms with Crippen molar-refractivity contribution in [3.05, 3.63) is 24.3 Å². The largest absolute Gasteiger partial charge is 0.321 e. The van der Waals surface area contributed by atoms with Crippen molar-refractivity contribution in [3.8, 4) is 0 Å². The average molecular weight is 249 g/mol. The molecule has 2 aromatic rings. The zero-order valence-corrected chi connectivity index (χ0v) is 11.0. The van der Waals surface area contributed by atoms with Crippen molar-refractivity contribution in [1.29, 1.82) is 0 Å². The monoisotopic (exact) mass is 249 g/mol. The molecule has 0 aliphatic carbocycles. The molecule has 0 saturated carbocycles. The summed E-state index contributed by atoms with van der Waals surface area (Å²) in [5, 5.41) is 15.4. The second-order valence-electron chi connectivity index (χ2n) is 4.50. The summed E-state index contributed by atoms with van der Waals surface area (Å²) in [6.07, 6.45) is 4.16. The van der Waals surface area contributed by atoms with E-state index in [-0.39, 0.29) is 0 Å². The standard InChI is InChI=1S/C11H19N7/c1-9(2)18-11(13-7-15-18)6-12-5-4-10-16-14-8-17(10)3/h7-9,12H,4-6H2,1-3H3. The Morgan fingerprint density at radius 3 is 2.83 bits per heavy atom. The predicted molar refractivity (Wildman–Crippen MR) is 66.8 cm³/mol. The molecule has 98 valence electrons. The van der Waals surface area contributed by atoms with E-state index in [4.69, 9.17) is 0 Å². The summed E-state index contributed by atoms with van der Waals surface area (Å²) in [7, 11) is 1.95. The minimum atomic E-state index is 0.336. The number of rotatable bonds is 6. The molecule has 0 bridgehead atoms. The van der Waals surface area contributed by atoms with Gasteiger partial charge in [0.1, 0.15) is 24.3 Å². The summed E-state index contributed by atoms with van der Waals surface area (Å²) >= 11 is 0. The van der Waals surface area contributed by atoms with Crippen LogP contribution in [0.3, 0.4) is 0 Å². The van der Waals surface area contributed by atoms with Gasteiger partial charge >= 0.3 is 0 Å². The maximum absolute atomic E-state index is 4.25. The Morgan fingerprint density at radius 2 is 2.17 bits per heavy atom. The van der Waals surface area contributed by atoms with Crippen LogP contribution in [-0.2, 0) is 20.0 Å². The third-order valence-electron chi connectivity index (χ3n) is 2.75. The van der Waals surface area contributed by atoms with Gasteiger partial charge in [0.2, 0.25) is 0 Å². The van der Waals surface area contributed by atoms with Crippen LogP contribution in [-0.4, -0.2) is 36.1 Å². The maximum atomic E-state index is 4.25. The smallest absolute Gasteiger partial charge is 0.141 e. The molecule has 0 saturated heterocycles. The zero-order chi connectivity index (χ0) is 13.0. The SMILES string of the molecule is CC(C)n1ncnc1CNCCc1nncn1C. The molecular formula is C11H19N7. The summed E-state index contributed by atoms with van der Waals surface area (Å²) in [6.45, 7) is 5.75. The topological polar surface area (TPSA) is 73.5 Å². The lowest BCUT2D eigenvalue weighted by Crippen LogP contribution is -2.21. The fourth-order valence-electron chi connectivity index (χ4n) is 1.77. The number of nitrogens with zero attached hydrogens (tertiary/aromatic N) is 6. The van der Waals surface area contributed by atoms with E-state index < -0.39 is 0 Å². The van der Waals surface area contributed by atoms with Crippen molar-refractivity contribution in [3.63, 3.8) is 0 Å². The summed E-state index contributed by atoms with van der Waals surface area (Å²) in [4.78, 5) is 4.25. The van der Waals surface area contributed by atoms with E-state index >= 15 is 0 Å². The van der Waals surface area contributed by atoms with Crippen LogP contribution in [0.5, 0.6) is 0 Å². The molecule has 0 spiro atoms. The number of aryl methyl sites for hydroxylation is 1. The molecule has 0 aliphatic rings. The second-order valence-corrected chi connectivity index (χ2v) is 4.50. The summed E-state index contributed by atoms with van der Waals surface area (Å²) in [5.74, 6) is 1.94. The molecule has 0 aliphatic heterocycles. The first-order valence-electron chi connectivity index (χ1n) is 6.10. The first kappa shape index (κ1) is 12.7. The van der Waals surface area contributed by atoms with Crippen LogP contribution in [0.1, 0.15) is 31.5 Å². The van der Waals surface area contributed by atoms with Gasteiger partial charge in [0, 0.05) is 26.1 Å². The lowest BCUT2D eigenvalue weighted by Gasteiger charge is -2.09. The highest BCUT2D eigenvalue weighted by Gasteiger charge is 2.07. The zero-order valence-electron chi connectivity index (χ0n) is 11.0. The van der Waals surface area contributed by atoms with Crippen molar-refractivity contribution in [1.82, 2.24) is 34.8 Å². The van der Waals surface area contributed by atoms with Crippen LogP contribution in [0, 0.1) is 0 Å². The van der Waals surface area contributed by atoms with Gasteiger partial charge in [-0.05, 0) is 13.8 Å². The van der Waals surface area contributed by atoms with E-state index in [0.717, 1.165) is 31.2 Å². The van der Waals surface area contributed by atoms with Crippen LogP contribution >= 0.6 is 0 Å². The van der Waals surface area contributed by atoms with Crippen molar-refractivity contribution < 1.29 is 0 Å². The Labute approximate surface area is 106 Å². The Bertz CT molecular complexity index is 485. The van der Waals surface area contributed by atoms with Crippen LogP contribution in [0.15, 0.2) is 12.7 Å². The number of nitrogens with one attached hydrogen (secondary N) is 1. The first-order chi connectivity index (χ1) is 8.68. The van der Waals surface area contributed by atoms with Crippen LogP contribution in [0.4, 0.5) is 0 Å². The third-order valence-corrected chi connectivity index (χ3v) is 2.75. The minimum absolute atomic E-state index is 0.336. The molecular weight excluding hydrogens is 230 g/mol. The molecule has 18 heavy (non-hydrogen) atoms. The summed E-state index contributed by atoms with van der Waals surface area (Å²) < 4.78 is 3.85. The van der Waals surface area contributed by atoms with E-state index in [1.54, 1.807) is 12.7 Å². The molecule has 2 aromatic heterocycles. The van der Waals surface area contributed by atoms with E-state index in [1.807, 2.05) is 16.3 Å². The van der Waals surface area contributed by atoms with Gasteiger partial charge in [-0.25, -0.2) is 9.67 Å². The molecule has 0 unspecified atom stereocenters. The second kappa shape index (κ2) is 5.72. The molecule has 0 amide bonds. The van der Waals surface area contributed by atoms with Gasteiger partial charge in [0.05, 0.1) is 6.54 Å². The van der Waals surface area contributed by atoms with E-state index in [1.165, 1.54) is 0 Å². The van der Waals surface area contributed by atoms with E-state index in [0.29, 0.717) is 6.04 Å². The molecule has 7 heteroatoms. The van der Waals surface area contributed by atoms with Gasteiger partial charge in [-0.1, -0.05) is 0 Å². The van der Waals surface area contributed by atoms with E-state index in [2.05, 4.69) is 39.4 Å². The van der Waals surface area contributed by atoms with Crippen molar-refractivity contribution in [2.75, 3.05) is 6.54 Å². The molecule has 0 aromatic carbocycles. The highest BCUT2D eigenvalue weighted by molar-refractivity contribution is 4.88. The highest BCUT2D eigenvalue weighted by Crippen LogP contribution is 2.04. The molecule has 7 nitrogen and oxygen atoms in total. The Hall–Kier alpha value is -1.76. The van der Waals surface area contributed by atoms with E-state index in [9.17, 15) is 0 Å². The van der Waals surface area contributed by atoms with Gasteiger partial charge < -0.3 is 9.88 Å². The van der Waals surface area contributed by atoms with Crippen molar-refractivity contribution >= 4 is 0 Å². The minimum Gasteiger partial charge on any atom is -0.321 e. The quantitative estimate of drug-likeness (QED) is 0.746. The van der Waals surface area contributed by atoms with Crippen LogP contribution in [0.25, 0.3) is 0 Å². The summed E-state index contributed by atoms with van der Waals surface area (Å²) in [6, 6.07) is 0.336. The third kappa shape index (κ3) is 2.92. The Morgan fingerprint density at radius 1 is 1.33 bits per heavy atom. The van der Waals surface area contributed by atoms with Gasteiger partial charge in [0.25, 0.3) is 0 Å². The number of aromatic nitrogens is 6.